The zero-order valence-electron chi connectivity index (χ0n) is 16.2. The standard InChI is InChI=1S/C21H33FN2O2/c1-20-8-7-16-14(15(20)5-6-19(20)25)4-3-13-11-18(24-26-10-9-23)17(22)12-21(13,16)2/h13-16,24H,3-12,23H2,1-2H3/t13?,14-,15-,16-,20-,21-/m0/s1. The molecule has 3 fully saturated rings. The molecular formula is C21H33FN2O2. The van der Waals surface area contributed by atoms with Crippen molar-refractivity contribution >= 4 is 5.78 Å². The molecule has 6 atom stereocenters. The van der Waals surface area contributed by atoms with E-state index in [1.54, 1.807) is 0 Å². The molecule has 0 aromatic heterocycles. The zero-order valence-corrected chi connectivity index (χ0v) is 16.2. The maximum Gasteiger partial charge on any atom is 0.139 e. The third kappa shape index (κ3) is 2.65. The number of hydrogen-bond donors (Lipinski definition) is 2. The second kappa shape index (κ2) is 6.59. The van der Waals surface area contributed by atoms with Gasteiger partial charge in [-0.1, -0.05) is 13.8 Å². The molecule has 5 heteroatoms. The van der Waals surface area contributed by atoms with E-state index in [9.17, 15) is 9.18 Å². The summed E-state index contributed by atoms with van der Waals surface area (Å²) >= 11 is 0. The van der Waals surface area contributed by atoms with Crippen molar-refractivity contribution in [2.45, 2.75) is 65.2 Å². The number of fused-ring (bicyclic) bond motifs is 5. The van der Waals surface area contributed by atoms with E-state index in [4.69, 9.17) is 10.6 Å². The highest BCUT2D eigenvalue weighted by Gasteiger charge is 2.60. The summed E-state index contributed by atoms with van der Waals surface area (Å²) in [5.41, 5.74) is 8.80. The fourth-order valence-corrected chi connectivity index (χ4v) is 7.01. The van der Waals surface area contributed by atoms with E-state index in [0.717, 1.165) is 38.5 Å². The molecule has 0 aliphatic heterocycles. The van der Waals surface area contributed by atoms with E-state index >= 15 is 0 Å². The average Bonchev–Trinajstić information content (AvgIpc) is 2.91. The molecule has 0 bridgehead atoms. The number of nitrogens with two attached hydrogens (primary N) is 1. The van der Waals surface area contributed by atoms with E-state index in [2.05, 4.69) is 19.3 Å². The molecule has 0 saturated heterocycles. The zero-order chi connectivity index (χ0) is 18.5. The lowest BCUT2D eigenvalue weighted by atomic mass is 9.46. The second-order valence-corrected chi connectivity index (χ2v) is 9.58. The first-order valence-electron chi connectivity index (χ1n) is 10.4. The Balaban J connectivity index is 1.55. The predicted octanol–water partition coefficient (Wildman–Crippen LogP) is 3.87. The summed E-state index contributed by atoms with van der Waals surface area (Å²) < 4.78 is 14.9. The Hall–Kier alpha value is -0.940. The lowest BCUT2D eigenvalue weighted by Gasteiger charge is -2.59. The SMILES string of the molecule is C[C@]12CC(F)=C(NOCCN)CC1CC[C@@H]1[C@@H]2CC[C@]2(C)C(=O)CC[C@@H]12. The van der Waals surface area contributed by atoms with E-state index in [-0.39, 0.29) is 16.7 Å². The first-order chi connectivity index (χ1) is 12.4. The summed E-state index contributed by atoms with van der Waals surface area (Å²) in [4.78, 5) is 17.8. The van der Waals surface area contributed by atoms with Crippen LogP contribution in [-0.2, 0) is 9.63 Å². The number of hydrogen-bond acceptors (Lipinski definition) is 4. The summed E-state index contributed by atoms with van der Waals surface area (Å²) in [6.45, 7) is 5.32. The van der Waals surface area contributed by atoms with Gasteiger partial charge in [0.15, 0.2) is 0 Å². The molecule has 0 heterocycles. The van der Waals surface area contributed by atoms with Crippen LogP contribution in [-0.4, -0.2) is 18.9 Å². The van der Waals surface area contributed by atoms with E-state index in [0.29, 0.717) is 54.7 Å². The van der Waals surface area contributed by atoms with Crippen LogP contribution in [0.1, 0.15) is 65.2 Å². The smallest absolute Gasteiger partial charge is 0.139 e. The number of carbonyl (C=O) groups is 1. The lowest BCUT2D eigenvalue weighted by molar-refractivity contribution is -0.137. The summed E-state index contributed by atoms with van der Waals surface area (Å²) in [6, 6.07) is 0. The fourth-order valence-electron chi connectivity index (χ4n) is 7.01. The van der Waals surface area contributed by atoms with Gasteiger partial charge in [-0.25, -0.2) is 4.39 Å². The molecule has 1 unspecified atom stereocenters. The van der Waals surface area contributed by atoms with Gasteiger partial charge < -0.3 is 5.73 Å². The van der Waals surface area contributed by atoms with Crippen LogP contribution >= 0.6 is 0 Å². The van der Waals surface area contributed by atoms with Crippen molar-refractivity contribution < 1.29 is 14.0 Å². The molecule has 4 aliphatic carbocycles. The molecule has 3 N–H and O–H groups in total. The third-order valence-electron chi connectivity index (χ3n) is 8.50. The van der Waals surface area contributed by atoms with Crippen molar-refractivity contribution in [1.82, 2.24) is 5.48 Å². The van der Waals surface area contributed by atoms with Gasteiger partial charge in [-0.15, -0.1) is 0 Å². The van der Waals surface area contributed by atoms with Gasteiger partial charge in [0, 0.05) is 24.8 Å². The van der Waals surface area contributed by atoms with Crippen molar-refractivity contribution in [3.05, 3.63) is 11.5 Å². The maximum absolute atomic E-state index is 14.9. The van der Waals surface area contributed by atoms with Crippen molar-refractivity contribution in [3.8, 4) is 0 Å². The van der Waals surface area contributed by atoms with E-state index in [1.165, 1.54) is 6.42 Å². The van der Waals surface area contributed by atoms with Gasteiger partial charge in [0.1, 0.15) is 11.6 Å². The van der Waals surface area contributed by atoms with E-state index < -0.39 is 0 Å². The van der Waals surface area contributed by atoms with Crippen molar-refractivity contribution in [1.29, 1.82) is 0 Å². The number of nitrogens with one attached hydrogen (secondary N) is 1. The van der Waals surface area contributed by atoms with Crippen molar-refractivity contribution in [2.75, 3.05) is 13.2 Å². The highest BCUT2D eigenvalue weighted by molar-refractivity contribution is 5.87. The van der Waals surface area contributed by atoms with Gasteiger partial charge in [0.25, 0.3) is 0 Å². The summed E-state index contributed by atoms with van der Waals surface area (Å²) in [6.07, 6.45) is 7.44. The monoisotopic (exact) mass is 364 g/mol. The topological polar surface area (TPSA) is 64.3 Å². The Bertz CT molecular complexity index is 621. The van der Waals surface area contributed by atoms with Crippen LogP contribution in [0.25, 0.3) is 0 Å². The Morgan fingerprint density at radius 1 is 1.23 bits per heavy atom. The molecule has 26 heavy (non-hydrogen) atoms. The van der Waals surface area contributed by atoms with Crippen LogP contribution in [0.5, 0.6) is 0 Å². The Morgan fingerprint density at radius 3 is 2.81 bits per heavy atom. The Kier molecular flexibility index (Phi) is 4.67. The van der Waals surface area contributed by atoms with Crippen molar-refractivity contribution in [3.63, 3.8) is 0 Å². The highest BCUT2D eigenvalue weighted by atomic mass is 19.1. The molecule has 0 spiro atoms. The maximum atomic E-state index is 14.9. The molecule has 0 aromatic rings. The van der Waals surface area contributed by atoms with Crippen LogP contribution in [0.15, 0.2) is 11.5 Å². The normalized spacial score (nSPS) is 45.2. The number of hydroxylamine groups is 1. The predicted molar refractivity (Wildman–Crippen MR) is 98.4 cm³/mol. The number of rotatable bonds is 4. The third-order valence-corrected chi connectivity index (χ3v) is 8.50. The molecule has 0 radical (unpaired) electrons. The quantitative estimate of drug-likeness (QED) is 0.587. The molecule has 3 saturated carbocycles. The van der Waals surface area contributed by atoms with E-state index in [1.807, 2.05) is 0 Å². The molecule has 0 amide bonds. The Labute approximate surface area is 156 Å². The first kappa shape index (κ1) is 18.4. The number of Topliss-reactive ketones (excluding diaryl/α,β-unsaturated/α-hetero) is 1. The molecule has 4 rings (SSSR count). The summed E-state index contributed by atoms with van der Waals surface area (Å²) in [5.74, 6) is 2.59. The van der Waals surface area contributed by atoms with Gasteiger partial charge in [-0.05, 0) is 67.6 Å². The summed E-state index contributed by atoms with van der Waals surface area (Å²) in [7, 11) is 0. The largest absolute Gasteiger partial charge is 0.328 e. The second-order valence-electron chi connectivity index (χ2n) is 9.58. The molecule has 0 aromatic carbocycles. The molecule has 4 nitrogen and oxygen atoms in total. The number of ketones is 1. The van der Waals surface area contributed by atoms with Gasteiger partial charge >= 0.3 is 0 Å². The lowest BCUT2D eigenvalue weighted by Crippen LogP contribution is -2.53. The van der Waals surface area contributed by atoms with Gasteiger partial charge in [-0.2, -0.15) is 0 Å². The van der Waals surface area contributed by atoms with Gasteiger partial charge in [-0.3, -0.25) is 15.1 Å². The molecule has 4 aliphatic rings. The number of halogens is 1. The van der Waals surface area contributed by atoms with Crippen LogP contribution in [0, 0.1) is 34.5 Å². The molecule has 146 valence electrons. The average molecular weight is 365 g/mol. The molecular weight excluding hydrogens is 331 g/mol. The van der Waals surface area contributed by atoms with Gasteiger partial charge in [0.2, 0.25) is 0 Å². The van der Waals surface area contributed by atoms with Crippen LogP contribution in [0.4, 0.5) is 4.39 Å². The minimum absolute atomic E-state index is 0.0129. The summed E-state index contributed by atoms with van der Waals surface area (Å²) in [5, 5.41) is 0. The van der Waals surface area contributed by atoms with Crippen LogP contribution in [0.2, 0.25) is 0 Å². The number of allylic oxidation sites excluding steroid dienone is 2. The highest BCUT2D eigenvalue weighted by Crippen LogP contribution is 2.65. The van der Waals surface area contributed by atoms with Gasteiger partial charge in [0.05, 0.1) is 12.3 Å². The minimum atomic E-state index is -0.101. The fraction of sp³-hybridized carbons (Fsp3) is 0.857. The Morgan fingerprint density at radius 2 is 2.04 bits per heavy atom. The van der Waals surface area contributed by atoms with Crippen LogP contribution in [0.3, 0.4) is 0 Å². The number of carbonyl (C=O) groups excluding carboxylic acids is 1. The van der Waals surface area contributed by atoms with Crippen molar-refractivity contribution in [2.24, 2.45) is 40.2 Å². The van der Waals surface area contributed by atoms with Crippen LogP contribution < -0.4 is 11.2 Å². The first-order valence-corrected chi connectivity index (χ1v) is 10.4. The minimum Gasteiger partial charge on any atom is -0.328 e.